The lowest BCUT2D eigenvalue weighted by atomic mass is 10.3. The Kier molecular flexibility index (Phi) is 10.0. The van der Waals surface area contributed by atoms with Crippen LogP contribution >= 0.6 is 23.5 Å². The van der Waals surface area contributed by atoms with E-state index in [-0.39, 0.29) is 34.8 Å². The first kappa shape index (κ1) is 22.4. The van der Waals surface area contributed by atoms with Crippen LogP contribution in [0.2, 0.25) is 0 Å². The minimum atomic E-state index is -0.971. The molecule has 2 amide bonds. The summed E-state index contributed by atoms with van der Waals surface area (Å²) in [6.07, 6.45) is 1.13. The summed E-state index contributed by atoms with van der Waals surface area (Å²) in [4.78, 5) is 23.4. The number of hydrogen-bond donors (Lipinski definition) is 4. The zero-order chi connectivity index (χ0) is 20.2. The van der Waals surface area contributed by atoms with Gasteiger partial charge in [0, 0.05) is 11.5 Å². The summed E-state index contributed by atoms with van der Waals surface area (Å²) in [5.74, 6) is 1.77. The maximum atomic E-state index is 11.7. The Morgan fingerprint density at radius 2 is 1.29 bits per heavy atom. The molecule has 2 rings (SSSR count). The molecule has 4 N–H and O–H groups in total. The van der Waals surface area contributed by atoms with Crippen molar-refractivity contribution < 1.29 is 28.6 Å². The minimum absolute atomic E-state index is 0.173. The van der Waals surface area contributed by atoms with Gasteiger partial charge in [0.2, 0.25) is 11.8 Å². The van der Waals surface area contributed by atoms with Gasteiger partial charge in [-0.15, -0.1) is 23.5 Å². The maximum absolute atomic E-state index is 11.7. The van der Waals surface area contributed by atoms with Crippen LogP contribution in [0.1, 0.15) is 11.5 Å². The van der Waals surface area contributed by atoms with Gasteiger partial charge < -0.3 is 29.7 Å². The number of carbonyl (C=O) groups excluding carboxylic acids is 2. The molecule has 2 heterocycles. The van der Waals surface area contributed by atoms with E-state index in [1.54, 1.807) is 24.3 Å². The van der Waals surface area contributed by atoms with Crippen LogP contribution in [0.15, 0.2) is 45.6 Å². The first-order chi connectivity index (χ1) is 13.5. The molecule has 8 nitrogen and oxygen atoms in total. The summed E-state index contributed by atoms with van der Waals surface area (Å²) in [7, 11) is 0. The van der Waals surface area contributed by atoms with E-state index in [2.05, 4.69) is 10.6 Å². The molecule has 0 aromatic carbocycles. The Morgan fingerprint density at radius 3 is 1.64 bits per heavy atom. The second-order valence-corrected chi connectivity index (χ2v) is 7.94. The second-order valence-electron chi connectivity index (χ2n) is 5.88. The predicted octanol–water partition coefficient (Wildman–Crippen LogP) is 0.993. The van der Waals surface area contributed by atoms with Crippen molar-refractivity contribution >= 4 is 35.3 Å². The molecule has 0 saturated carbocycles. The molecule has 0 aliphatic carbocycles. The zero-order valence-electron chi connectivity index (χ0n) is 15.2. The van der Waals surface area contributed by atoms with Crippen molar-refractivity contribution in [1.29, 1.82) is 0 Å². The van der Waals surface area contributed by atoms with Gasteiger partial charge in [0.15, 0.2) is 0 Å². The highest BCUT2D eigenvalue weighted by Crippen LogP contribution is 2.11. The Labute approximate surface area is 171 Å². The molecule has 2 aromatic heterocycles. The van der Waals surface area contributed by atoms with Crippen LogP contribution in [0.5, 0.6) is 0 Å². The van der Waals surface area contributed by atoms with Gasteiger partial charge in [-0.05, 0) is 24.3 Å². The van der Waals surface area contributed by atoms with E-state index in [9.17, 15) is 19.8 Å². The molecule has 0 aliphatic heterocycles. The lowest BCUT2D eigenvalue weighted by Crippen LogP contribution is -2.32. The molecule has 2 atom stereocenters. The van der Waals surface area contributed by atoms with Crippen molar-refractivity contribution in [3.8, 4) is 0 Å². The number of aliphatic hydroxyl groups excluding tert-OH is 2. The van der Waals surface area contributed by atoms with Gasteiger partial charge in [0.1, 0.15) is 11.5 Å². The summed E-state index contributed by atoms with van der Waals surface area (Å²) in [6, 6.07) is 7.02. The van der Waals surface area contributed by atoms with Gasteiger partial charge in [0.05, 0.1) is 49.3 Å². The highest BCUT2D eigenvalue weighted by atomic mass is 32.2. The van der Waals surface area contributed by atoms with Gasteiger partial charge in [-0.1, -0.05) is 0 Å². The molecule has 28 heavy (non-hydrogen) atoms. The lowest BCUT2D eigenvalue weighted by Gasteiger charge is -2.17. The monoisotopic (exact) mass is 428 g/mol. The smallest absolute Gasteiger partial charge is 0.230 e. The first-order valence-electron chi connectivity index (χ1n) is 8.64. The third-order valence-corrected chi connectivity index (χ3v) is 5.65. The van der Waals surface area contributed by atoms with Crippen LogP contribution in [0.4, 0.5) is 0 Å². The molecular formula is C18H24N2O6S2. The van der Waals surface area contributed by atoms with Crippen molar-refractivity contribution in [1.82, 2.24) is 10.6 Å². The van der Waals surface area contributed by atoms with E-state index in [0.717, 1.165) is 0 Å². The third kappa shape index (κ3) is 8.87. The molecule has 2 aromatic rings. The Morgan fingerprint density at radius 1 is 0.857 bits per heavy atom. The molecule has 154 valence electrons. The summed E-state index contributed by atoms with van der Waals surface area (Å²) >= 11 is 2.46. The maximum Gasteiger partial charge on any atom is 0.230 e. The molecule has 0 bridgehead atoms. The normalized spacial score (nSPS) is 13.1. The van der Waals surface area contributed by atoms with Crippen molar-refractivity contribution in [3.05, 3.63) is 48.3 Å². The molecule has 0 fully saturated rings. The fourth-order valence-electron chi connectivity index (χ4n) is 2.07. The standard InChI is InChI=1S/C18H24N2O6S2/c21-15(9-27-11-17(23)19-7-13-3-1-5-25-13)16(22)10-28-12-18(24)20-8-14-4-2-6-26-14/h1-6,15-16,21-22H,7-12H2,(H,19,23)(H,20,24)/t15-,16-/m0/s1. The van der Waals surface area contributed by atoms with Crippen molar-refractivity contribution in [2.24, 2.45) is 0 Å². The number of rotatable bonds is 13. The summed E-state index contributed by atoms with van der Waals surface area (Å²) in [6.45, 7) is 0.631. The number of nitrogens with one attached hydrogen (secondary N) is 2. The highest BCUT2D eigenvalue weighted by Gasteiger charge is 2.17. The summed E-state index contributed by atoms with van der Waals surface area (Å²) in [5, 5.41) is 25.3. The van der Waals surface area contributed by atoms with Crippen molar-refractivity contribution in [2.75, 3.05) is 23.0 Å². The number of aliphatic hydroxyl groups is 2. The lowest BCUT2D eigenvalue weighted by molar-refractivity contribution is -0.119. The number of thioether (sulfide) groups is 2. The number of amides is 2. The average molecular weight is 429 g/mol. The van der Waals surface area contributed by atoms with Crippen LogP contribution in [0.25, 0.3) is 0 Å². The molecule has 0 spiro atoms. The number of furan rings is 2. The quantitative estimate of drug-likeness (QED) is 0.372. The topological polar surface area (TPSA) is 125 Å². The van der Waals surface area contributed by atoms with Gasteiger partial charge in [0.25, 0.3) is 0 Å². The zero-order valence-corrected chi connectivity index (χ0v) is 16.8. The van der Waals surface area contributed by atoms with Gasteiger partial charge >= 0.3 is 0 Å². The average Bonchev–Trinajstić information content (AvgIpc) is 3.38. The van der Waals surface area contributed by atoms with E-state index in [4.69, 9.17) is 8.83 Å². The molecule has 0 radical (unpaired) electrons. The van der Waals surface area contributed by atoms with E-state index >= 15 is 0 Å². The molecule has 0 aliphatic rings. The van der Waals surface area contributed by atoms with Crippen LogP contribution < -0.4 is 10.6 Å². The van der Waals surface area contributed by atoms with Crippen LogP contribution in [-0.4, -0.2) is 57.2 Å². The summed E-state index contributed by atoms with van der Waals surface area (Å²) in [5.41, 5.74) is 0. The Bertz CT molecular complexity index is 633. The van der Waals surface area contributed by atoms with E-state index in [0.29, 0.717) is 24.6 Å². The van der Waals surface area contributed by atoms with E-state index in [1.807, 2.05) is 0 Å². The van der Waals surface area contributed by atoms with Gasteiger partial charge in [-0.3, -0.25) is 9.59 Å². The van der Waals surface area contributed by atoms with Crippen LogP contribution in [0, 0.1) is 0 Å². The van der Waals surface area contributed by atoms with E-state index < -0.39 is 12.2 Å². The molecule has 0 saturated heterocycles. The highest BCUT2D eigenvalue weighted by molar-refractivity contribution is 8.00. The fraction of sp³-hybridized carbons (Fsp3) is 0.444. The van der Waals surface area contributed by atoms with Gasteiger partial charge in [-0.2, -0.15) is 0 Å². The fourth-order valence-corrected chi connectivity index (χ4v) is 3.80. The Balaban J connectivity index is 1.50. The van der Waals surface area contributed by atoms with Gasteiger partial charge in [-0.25, -0.2) is 0 Å². The largest absolute Gasteiger partial charge is 0.467 e. The summed E-state index contributed by atoms with van der Waals surface area (Å²) < 4.78 is 10.2. The number of hydrogen-bond acceptors (Lipinski definition) is 8. The SMILES string of the molecule is O=C(CSC[C@H](O)[C@@H](O)CSCC(=O)NCc1ccco1)NCc1ccco1. The first-order valence-corrected chi connectivity index (χ1v) is 11.0. The van der Waals surface area contributed by atoms with Crippen molar-refractivity contribution in [3.63, 3.8) is 0 Å². The van der Waals surface area contributed by atoms with Crippen LogP contribution in [-0.2, 0) is 22.7 Å². The Hall–Kier alpha value is -1.88. The minimum Gasteiger partial charge on any atom is -0.467 e. The predicted molar refractivity (Wildman–Crippen MR) is 108 cm³/mol. The molecule has 10 heteroatoms. The second kappa shape index (κ2) is 12.6. The third-order valence-electron chi connectivity index (χ3n) is 3.57. The molecular weight excluding hydrogens is 404 g/mol. The van der Waals surface area contributed by atoms with E-state index in [1.165, 1.54) is 36.1 Å². The van der Waals surface area contributed by atoms with Crippen molar-refractivity contribution in [2.45, 2.75) is 25.3 Å². The van der Waals surface area contributed by atoms with Crippen LogP contribution in [0.3, 0.4) is 0 Å². The number of carbonyl (C=O) groups is 2. The molecule has 0 unspecified atom stereocenters.